The van der Waals surface area contributed by atoms with Crippen molar-refractivity contribution in [3.63, 3.8) is 0 Å². The third-order valence-electron chi connectivity index (χ3n) is 2.95. The molecule has 0 heterocycles. The highest BCUT2D eigenvalue weighted by molar-refractivity contribution is 5.70. The van der Waals surface area contributed by atoms with E-state index >= 15 is 0 Å². The van der Waals surface area contributed by atoms with Gasteiger partial charge in [-0.2, -0.15) is 0 Å². The molecule has 6 heteroatoms. The Morgan fingerprint density at radius 3 is 2.59 bits per heavy atom. The molecular formula is C16H23NO5. The second kappa shape index (κ2) is 10.6. The number of hydrogen-bond donors (Lipinski definition) is 1. The van der Waals surface area contributed by atoms with Crippen molar-refractivity contribution in [2.45, 2.75) is 32.4 Å². The van der Waals surface area contributed by atoms with Crippen LogP contribution in [0.4, 0.5) is 4.79 Å². The summed E-state index contributed by atoms with van der Waals surface area (Å²) in [5.41, 5.74) is 1.05. The molecule has 0 aromatic heterocycles. The lowest BCUT2D eigenvalue weighted by Gasteiger charge is -2.18. The molecule has 1 N–H and O–H groups in total. The minimum atomic E-state index is -0.513. The van der Waals surface area contributed by atoms with E-state index in [9.17, 15) is 9.59 Å². The van der Waals surface area contributed by atoms with Crippen molar-refractivity contribution in [2.24, 2.45) is 0 Å². The van der Waals surface area contributed by atoms with E-state index in [1.54, 1.807) is 6.92 Å². The molecule has 0 unspecified atom stereocenters. The Bertz CT molecular complexity index is 449. The van der Waals surface area contributed by atoms with Crippen LogP contribution in [0.15, 0.2) is 30.3 Å². The molecule has 1 aromatic rings. The number of carbonyl (C=O) groups excluding carboxylic acids is 2. The topological polar surface area (TPSA) is 73.9 Å². The molecule has 0 bridgehead atoms. The van der Waals surface area contributed by atoms with Gasteiger partial charge in [-0.3, -0.25) is 4.79 Å². The minimum Gasteiger partial charge on any atom is -0.469 e. The standard InChI is InChI=1S/C16H23NO5/c1-3-22-16(19)17-14(9-10-15(18)20-2)12-21-11-13-7-5-4-6-8-13/h4-8,14H,3,9-12H2,1-2H3,(H,17,19)/t14-/m1/s1. The summed E-state index contributed by atoms with van der Waals surface area (Å²) in [6.45, 7) is 2.76. The summed E-state index contributed by atoms with van der Waals surface area (Å²) in [7, 11) is 1.34. The number of ether oxygens (including phenoxy) is 3. The van der Waals surface area contributed by atoms with Crippen LogP contribution in [-0.2, 0) is 25.6 Å². The lowest BCUT2D eigenvalue weighted by Crippen LogP contribution is -2.39. The molecule has 0 aliphatic carbocycles. The number of alkyl carbamates (subject to hydrolysis) is 1. The maximum Gasteiger partial charge on any atom is 0.407 e. The predicted octanol–water partition coefficient (Wildman–Crippen LogP) is 2.27. The van der Waals surface area contributed by atoms with Gasteiger partial charge in [0.25, 0.3) is 0 Å². The van der Waals surface area contributed by atoms with E-state index in [1.807, 2.05) is 30.3 Å². The highest BCUT2D eigenvalue weighted by Gasteiger charge is 2.15. The molecule has 1 rings (SSSR count). The van der Waals surface area contributed by atoms with Gasteiger partial charge in [0.15, 0.2) is 0 Å². The van der Waals surface area contributed by atoms with Gasteiger partial charge in [0.2, 0.25) is 0 Å². The number of amides is 1. The smallest absolute Gasteiger partial charge is 0.407 e. The maximum atomic E-state index is 11.5. The average molecular weight is 309 g/mol. The third kappa shape index (κ3) is 7.64. The minimum absolute atomic E-state index is 0.211. The first-order valence-electron chi connectivity index (χ1n) is 7.27. The molecule has 0 saturated carbocycles. The van der Waals surface area contributed by atoms with Crippen molar-refractivity contribution in [3.8, 4) is 0 Å². The van der Waals surface area contributed by atoms with Crippen LogP contribution < -0.4 is 5.32 Å². The number of methoxy groups -OCH3 is 1. The molecule has 0 spiro atoms. The van der Waals surface area contributed by atoms with Crippen molar-refractivity contribution < 1.29 is 23.8 Å². The third-order valence-corrected chi connectivity index (χ3v) is 2.95. The zero-order valence-corrected chi connectivity index (χ0v) is 13.0. The van der Waals surface area contributed by atoms with Gasteiger partial charge in [-0.05, 0) is 18.9 Å². The summed E-state index contributed by atoms with van der Waals surface area (Å²) in [5, 5.41) is 2.69. The van der Waals surface area contributed by atoms with Crippen molar-refractivity contribution in [1.82, 2.24) is 5.32 Å². The van der Waals surface area contributed by atoms with Crippen molar-refractivity contribution in [2.75, 3.05) is 20.3 Å². The fraction of sp³-hybridized carbons (Fsp3) is 0.500. The van der Waals surface area contributed by atoms with E-state index in [0.29, 0.717) is 26.2 Å². The van der Waals surface area contributed by atoms with Gasteiger partial charge in [-0.1, -0.05) is 30.3 Å². The fourth-order valence-electron chi connectivity index (χ4n) is 1.82. The molecule has 1 amide bonds. The van der Waals surface area contributed by atoms with Crippen LogP contribution in [-0.4, -0.2) is 38.4 Å². The van der Waals surface area contributed by atoms with E-state index < -0.39 is 6.09 Å². The van der Waals surface area contributed by atoms with Gasteiger partial charge < -0.3 is 19.5 Å². The lowest BCUT2D eigenvalue weighted by atomic mass is 10.1. The molecule has 1 atom stereocenters. The van der Waals surface area contributed by atoms with Crippen LogP contribution in [0.2, 0.25) is 0 Å². The van der Waals surface area contributed by atoms with Gasteiger partial charge in [0.05, 0.1) is 33.0 Å². The molecule has 6 nitrogen and oxygen atoms in total. The number of nitrogens with one attached hydrogen (secondary N) is 1. The molecule has 22 heavy (non-hydrogen) atoms. The Hall–Kier alpha value is -2.08. The molecular weight excluding hydrogens is 286 g/mol. The summed E-state index contributed by atoms with van der Waals surface area (Å²) >= 11 is 0. The van der Waals surface area contributed by atoms with Crippen molar-refractivity contribution >= 4 is 12.1 Å². The molecule has 0 radical (unpaired) electrons. The summed E-state index contributed by atoms with van der Waals surface area (Å²) in [6, 6.07) is 9.42. The van der Waals surface area contributed by atoms with Gasteiger partial charge in [0, 0.05) is 6.42 Å². The van der Waals surface area contributed by atoms with Crippen molar-refractivity contribution in [1.29, 1.82) is 0 Å². The van der Waals surface area contributed by atoms with Crippen LogP contribution in [0.5, 0.6) is 0 Å². The normalized spacial score (nSPS) is 11.5. The summed E-state index contributed by atoms with van der Waals surface area (Å²) in [5.74, 6) is -0.321. The Kier molecular flexibility index (Phi) is 8.67. The molecule has 0 fully saturated rings. The van der Waals surface area contributed by atoms with Gasteiger partial charge >= 0.3 is 12.1 Å². The number of rotatable bonds is 9. The molecule has 0 aliphatic heterocycles. The van der Waals surface area contributed by atoms with E-state index in [-0.39, 0.29) is 18.4 Å². The first kappa shape index (κ1) is 18.0. The van der Waals surface area contributed by atoms with Crippen LogP contribution in [0.25, 0.3) is 0 Å². The Morgan fingerprint density at radius 2 is 1.95 bits per heavy atom. The van der Waals surface area contributed by atoms with Crippen LogP contribution >= 0.6 is 0 Å². The van der Waals surface area contributed by atoms with Crippen molar-refractivity contribution in [3.05, 3.63) is 35.9 Å². The van der Waals surface area contributed by atoms with Crippen LogP contribution in [0.1, 0.15) is 25.3 Å². The van der Waals surface area contributed by atoms with E-state index in [0.717, 1.165) is 5.56 Å². The number of carbonyl (C=O) groups is 2. The lowest BCUT2D eigenvalue weighted by molar-refractivity contribution is -0.140. The zero-order valence-electron chi connectivity index (χ0n) is 13.0. The van der Waals surface area contributed by atoms with Gasteiger partial charge in [-0.15, -0.1) is 0 Å². The Morgan fingerprint density at radius 1 is 1.23 bits per heavy atom. The number of hydrogen-bond acceptors (Lipinski definition) is 5. The van der Waals surface area contributed by atoms with Gasteiger partial charge in [-0.25, -0.2) is 4.79 Å². The SMILES string of the molecule is CCOC(=O)N[C@H](CCC(=O)OC)COCc1ccccc1. The van der Waals surface area contributed by atoms with Gasteiger partial charge in [0.1, 0.15) is 0 Å². The zero-order chi connectivity index (χ0) is 16.2. The quantitative estimate of drug-likeness (QED) is 0.708. The summed E-state index contributed by atoms with van der Waals surface area (Å²) in [6.07, 6.45) is 0.128. The molecule has 1 aromatic carbocycles. The monoisotopic (exact) mass is 309 g/mol. The number of benzene rings is 1. The van der Waals surface area contributed by atoms with E-state index in [2.05, 4.69) is 10.1 Å². The largest absolute Gasteiger partial charge is 0.469 e. The first-order valence-corrected chi connectivity index (χ1v) is 7.27. The maximum absolute atomic E-state index is 11.5. The first-order chi connectivity index (χ1) is 10.7. The summed E-state index contributed by atoms with van der Waals surface area (Å²) in [4.78, 5) is 22.7. The average Bonchev–Trinajstić information content (AvgIpc) is 2.53. The molecule has 122 valence electrons. The highest BCUT2D eigenvalue weighted by atomic mass is 16.5. The molecule has 0 aliphatic rings. The number of esters is 1. The van der Waals surface area contributed by atoms with Crippen LogP contribution in [0.3, 0.4) is 0 Å². The van der Waals surface area contributed by atoms with Crippen LogP contribution in [0, 0.1) is 0 Å². The van der Waals surface area contributed by atoms with E-state index in [1.165, 1.54) is 7.11 Å². The highest BCUT2D eigenvalue weighted by Crippen LogP contribution is 2.05. The second-order valence-corrected chi connectivity index (χ2v) is 4.68. The Balaban J connectivity index is 2.42. The summed E-state index contributed by atoms with van der Waals surface area (Å²) < 4.78 is 15.1. The van der Waals surface area contributed by atoms with E-state index in [4.69, 9.17) is 9.47 Å². The molecule has 0 saturated heterocycles. The Labute approximate surface area is 130 Å². The second-order valence-electron chi connectivity index (χ2n) is 4.68. The predicted molar refractivity (Wildman–Crippen MR) is 81.3 cm³/mol. The fourth-order valence-corrected chi connectivity index (χ4v) is 1.82.